The van der Waals surface area contributed by atoms with Crippen LogP contribution in [0.4, 0.5) is 15.8 Å². The third-order valence-electron chi connectivity index (χ3n) is 3.27. The molecule has 3 rings (SSSR count). The summed E-state index contributed by atoms with van der Waals surface area (Å²) < 4.78 is 21.2. The van der Waals surface area contributed by atoms with E-state index >= 15 is 0 Å². The summed E-state index contributed by atoms with van der Waals surface area (Å²) in [6.45, 7) is 0. The third kappa shape index (κ3) is 2.94. The Balaban J connectivity index is 1.91. The van der Waals surface area contributed by atoms with Crippen molar-refractivity contribution in [2.24, 2.45) is 17.8 Å². The zero-order valence-electron chi connectivity index (χ0n) is 12.5. The molecule has 124 valence electrons. The number of rotatable bonds is 4. The number of aryl methyl sites for hydroxylation is 1. The van der Waals surface area contributed by atoms with Crippen LogP contribution in [0, 0.1) is 15.9 Å². The molecule has 2 N–H and O–H groups in total. The second-order valence-electron chi connectivity index (χ2n) is 4.93. The van der Waals surface area contributed by atoms with Gasteiger partial charge in [-0.2, -0.15) is 5.10 Å². The summed E-state index contributed by atoms with van der Waals surface area (Å²) >= 11 is 0. The third-order valence-corrected chi connectivity index (χ3v) is 3.27. The summed E-state index contributed by atoms with van der Waals surface area (Å²) in [4.78, 5) is 15.6. The molecule has 0 saturated carbocycles. The average molecular weight is 332 g/mol. The summed E-state index contributed by atoms with van der Waals surface area (Å²) in [5.41, 5.74) is 6.20. The molecule has 2 heterocycles. The number of hydrogen-bond acceptors (Lipinski definition) is 7. The van der Waals surface area contributed by atoms with E-state index in [2.05, 4.69) is 10.1 Å². The van der Waals surface area contributed by atoms with Crippen LogP contribution in [-0.4, -0.2) is 27.2 Å². The predicted molar refractivity (Wildman–Crippen MR) is 83.9 cm³/mol. The van der Waals surface area contributed by atoms with Crippen LogP contribution in [0.1, 0.15) is 0 Å². The Morgan fingerprint density at radius 1 is 1.46 bits per heavy atom. The van der Waals surface area contributed by atoms with Crippen molar-refractivity contribution in [3.05, 3.63) is 58.5 Å². The van der Waals surface area contributed by atoms with Gasteiger partial charge in [0.2, 0.25) is 5.88 Å². The number of hydrogen-bond donors (Lipinski definition) is 1. The number of aliphatic imine (C=N–C) groups is 1. The lowest BCUT2D eigenvalue weighted by Crippen LogP contribution is -2.43. The van der Waals surface area contributed by atoms with Crippen molar-refractivity contribution in [2.45, 2.75) is 6.29 Å². The van der Waals surface area contributed by atoms with Crippen molar-refractivity contribution >= 4 is 17.6 Å². The van der Waals surface area contributed by atoms with Gasteiger partial charge in [0.25, 0.3) is 5.69 Å². The molecule has 1 aromatic heterocycles. The number of anilines is 1. The summed E-state index contributed by atoms with van der Waals surface area (Å²) in [6, 6.07) is 3.14. The van der Waals surface area contributed by atoms with Gasteiger partial charge in [-0.05, 0) is 6.07 Å². The number of halogens is 1. The van der Waals surface area contributed by atoms with E-state index in [1.807, 2.05) is 0 Å². The van der Waals surface area contributed by atoms with Crippen molar-refractivity contribution in [1.82, 2.24) is 9.78 Å². The number of nitro groups is 1. The van der Waals surface area contributed by atoms with Crippen molar-refractivity contribution < 1.29 is 14.1 Å². The molecule has 0 amide bonds. The van der Waals surface area contributed by atoms with E-state index in [4.69, 9.17) is 10.5 Å². The van der Waals surface area contributed by atoms with Gasteiger partial charge in [-0.25, -0.2) is 4.39 Å². The molecule has 1 aromatic carbocycles. The van der Waals surface area contributed by atoms with Crippen LogP contribution in [0.15, 0.2) is 47.5 Å². The van der Waals surface area contributed by atoms with Crippen molar-refractivity contribution in [1.29, 1.82) is 0 Å². The van der Waals surface area contributed by atoms with E-state index < -0.39 is 17.0 Å². The first-order chi connectivity index (χ1) is 11.5. The van der Waals surface area contributed by atoms with Gasteiger partial charge >= 0.3 is 0 Å². The number of non-ortho nitro benzene ring substituents is 1. The van der Waals surface area contributed by atoms with Gasteiger partial charge < -0.3 is 4.74 Å². The highest BCUT2D eigenvalue weighted by atomic mass is 19.1. The normalized spacial score (nSPS) is 16.9. The topological polar surface area (TPSA) is 112 Å². The standard InChI is InChI=1S/C14H13FN6O3/c1-19-8-10(7-18-19)20-13(4-5-17-14(20)16)24-12-3-2-9(21(22)23)6-11(12)15/h2-8,14H,16H2,1H3. The molecule has 10 heteroatoms. The maximum Gasteiger partial charge on any atom is 0.272 e. The Labute approximate surface area is 135 Å². The second-order valence-corrected chi connectivity index (χ2v) is 4.93. The van der Waals surface area contributed by atoms with Gasteiger partial charge in [-0.15, -0.1) is 0 Å². The quantitative estimate of drug-likeness (QED) is 0.671. The number of allylic oxidation sites excluding steroid dienone is 1. The number of aromatic nitrogens is 2. The zero-order chi connectivity index (χ0) is 17.3. The lowest BCUT2D eigenvalue weighted by Gasteiger charge is -2.30. The zero-order valence-corrected chi connectivity index (χ0v) is 12.5. The average Bonchev–Trinajstić information content (AvgIpc) is 2.95. The molecule has 0 bridgehead atoms. The molecule has 0 fully saturated rings. The highest BCUT2D eigenvalue weighted by Gasteiger charge is 2.25. The number of benzene rings is 1. The molecular formula is C14H13FN6O3. The molecule has 0 spiro atoms. The molecule has 1 aliphatic rings. The molecule has 0 aliphatic carbocycles. The van der Waals surface area contributed by atoms with Gasteiger partial charge in [-0.1, -0.05) is 0 Å². The van der Waals surface area contributed by atoms with Gasteiger partial charge in [0.15, 0.2) is 17.9 Å². The molecule has 1 unspecified atom stereocenters. The van der Waals surface area contributed by atoms with Crippen molar-refractivity contribution in [2.75, 3.05) is 4.90 Å². The lowest BCUT2D eigenvalue weighted by atomic mass is 10.3. The Kier molecular flexibility index (Phi) is 3.96. The van der Waals surface area contributed by atoms with E-state index in [9.17, 15) is 14.5 Å². The highest BCUT2D eigenvalue weighted by Crippen LogP contribution is 2.28. The number of nitrogens with zero attached hydrogens (tertiary/aromatic N) is 5. The van der Waals surface area contributed by atoms with E-state index in [1.54, 1.807) is 24.1 Å². The Bertz CT molecular complexity index is 847. The van der Waals surface area contributed by atoms with E-state index in [0.717, 1.165) is 12.1 Å². The molecule has 2 aromatic rings. The summed E-state index contributed by atoms with van der Waals surface area (Å²) in [6.07, 6.45) is 5.44. The molecule has 1 aliphatic heterocycles. The minimum Gasteiger partial charge on any atom is -0.438 e. The van der Waals surface area contributed by atoms with E-state index in [-0.39, 0.29) is 17.3 Å². The van der Waals surface area contributed by atoms with Crippen LogP contribution in [0.2, 0.25) is 0 Å². The minimum absolute atomic E-state index is 0.164. The number of nitro benzene ring substituents is 1. The van der Waals surface area contributed by atoms with Crippen molar-refractivity contribution in [3.8, 4) is 5.75 Å². The Morgan fingerprint density at radius 2 is 2.25 bits per heavy atom. The second kappa shape index (κ2) is 6.08. The van der Waals surface area contributed by atoms with Gasteiger partial charge in [0.05, 0.1) is 22.9 Å². The first kappa shape index (κ1) is 15.6. The first-order valence-corrected chi connectivity index (χ1v) is 6.84. The molecule has 9 nitrogen and oxygen atoms in total. The Morgan fingerprint density at radius 3 is 2.88 bits per heavy atom. The van der Waals surface area contributed by atoms with Crippen LogP contribution in [0.25, 0.3) is 0 Å². The largest absolute Gasteiger partial charge is 0.438 e. The fourth-order valence-electron chi connectivity index (χ4n) is 2.17. The SMILES string of the molecule is Cn1cc(N2C(Oc3ccc([N+](=O)[O-])cc3F)=CC=NC2N)cn1. The Hall–Kier alpha value is -3.27. The van der Waals surface area contributed by atoms with Crippen LogP contribution >= 0.6 is 0 Å². The summed E-state index contributed by atoms with van der Waals surface area (Å²) in [7, 11) is 1.74. The monoisotopic (exact) mass is 332 g/mol. The maximum atomic E-state index is 14.0. The van der Waals surface area contributed by atoms with E-state index in [1.165, 1.54) is 23.3 Å². The summed E-state index contributed by atoms with van der Waals surface area (Å²) in [5.74, 6) is -0.797. The van der Waals surface area contributed by atoms with Gasteiger partial charge in [-0.3, -0.25) is 30.4 Å². The molecular weight excluding hydrogens is 319 g/mol. The van der Waals surface area contributed by atoms with Crippen LogP contribution in [0.5, 0.6) is 5.75 Å². The number of ether oxygens (including phenoxy) is 1. The molecule has 1 atom stereocenters. The summed E-state index contributed by atoms with van der Waals surface area (Å²) in [5, 5.41) is 14.7. The maximum absolute atomic E-state index is 14.0. The van der Waals surface area contributed by atoms with Crippen LogP contribution in [-0.2, 0) is 7.05 Å². The lowest BCUT2D eigenvalue weighted by molar-refractivity contribution is -0.385. The number of nitrogens with two attached hydrogens (primary N) is 1. The van der Waals surface area contributed by atoms with E-state index in [0.29, 0.717) is 5.69 Å². The minimum atomic E-state index is -0.854. The molecule has 0 radical (unpaired) electrons. The van der Waals surface area contributed by atoms with Gasteiger partial charge in [0, 0.05) is 31.6 Å². The molecule has 24 heavy (non-hydrogen) atoms. The fourth-order valence-corrected chi connectivity index (χ4v) is 2.17. The fraction of sp³-hybridized carbons (Fsp3) is 0.143. The smallest absolute Gasteiger partial charge is 0.272 e. The predicted octanol–water partition coefficient (Wildman–Crippen LogP) is 1.52. The molecule has 0 saturated heterocycles. The van der Waals surface area contributed by atoms with Crippen LogP contribution < -0.4 is 15.4 Å². The highest BCUT2D eigenvalue weighted by molar-refractivity contribution is 5.76. The van der Waals surface area contributed by atoms with Gasteiger partial charge in [0.1, 0.15) is 0 Å². The van der Waals surface area contributed by atoms with Crippen LogP contribution in [0.3, 0.4) is 0 Å². The first-order valence-electron chi connectivity index (χ1n) is 6.84. The van der Waals surface area contributed by atoms with Crippen molar-refractivity contribution in [3.63, 3.8) is 0 Å².